The van der Waals surface area contributed by atoms with E-state index in [1.54, 1.807) is 12.1 Å². The highest BCUT2D eigenvalue weighted by atomic mass is 32.2. The highest BCUT2D eigenvalue weighted by Gasteiger charge is 2.29. The summed E-state index contributed by atoms with van der Waals surface area (Å²) in [6.07, 6.45) is 1.46. The zero-order valence-corrected chi connectivity index (χ0v) is 21.7. The van der Waals surface area contributed by atoms with Crippen LogP contribution in [0.1, 0.15) is 36.5 Å². The first-order valence-corrected chi connectivity index (χ1v) is 12.8. The third kappa shape index (κ3) is 6.70. The number of rotatable bonds is 10. The van der Waals surface area contributed by atoms with E-state index in [0.29, 0.717) is 17.2 Å². The second-order valence-corrected chi connectivity index (χ2v) is 10.4. The van der Waals surface area contributed by atoms with Crippen molar-refractivity contribution in [1.82, 2.24) is 5.43 Å². The van der Waals surface area contributed by atoms with Gasteiger partial charge in [0.05, 0.1) is 28.8 Å². The molecule has 0 aromatic heterocycles. The van der Waals surface area contributed by atoms with Gasteiger partial charge in [-0.05, 0) is 54.3 Å². The number of hydrazone groups is 1. The molecule has 37 heavy (non-hydrogen) atoms. The maximum Gasteiger partial charge on any atom is 0.273 e. The van der Waals surface area contributed by atoms with Gasteiger partial charge in [0.1, 0.15) is 12.3 Å². The normalized spacial score (nSPS) is 11.5. The van der Waals surface area contributed by atoms with E-state index < -0.39 is 27.4 Å². The molecule has 10 nitrogen and oxygen atoms in total. The zero-order valence-electron chi connectivity index (χ0n) is 20.9. The van der Waals surface area contributed by atoms with Crippen LogP contribution >= 0.6 is 0 Å². The summed E-state index contributed by atoms with van der Waals surface area (Å²) in [7, 11) is -2.89. The molecule has 3 rings (SSSR count). The van der Waals surface area contributed by atoms with Gasteiger partial charge in [-0.15, -0.1) is 0 Å². The fourth-order valence-electron chi connectivity index (χ4n) is 3.45. The summed E-state index contributed by atoms with van der Waals surface area (Å²) in [5.74, 6) is 0.173. The highest BCUT2D eigenvalue weighted by molar-refractivity contribution is 7.92. The van der Waals surface area contributed by atoms with E-state index in [0.717, 1.165) is 21.5 Å². The van der Waals surface area contributed by atoms with Crippen molar-refractivity contribution < 1.29 is 22.9 Å². The molecule has 3 aromatic rings. The molecule has 0 radical (unpaired) electrons. The Bertz CT molecular complexity index is 1400. The number of anilines is 1. The number of sulfonamides is 1. The van der Waals surface area contributed by atoms with Gasteiger partial charge in [-0.2, -0.15) is 5.10 Å². The average Bonchev–Trinajstić information content (AvgIpc) is 2.87. The molecule has 0 atom stereocenters. The number of carbonyl (C=O) groups is 1. The molecule has 1 N–H and O–H groups in total. The zero-order chi connectivity index (χ0) is 27.2. The first-order chi connectivity index (χ1) is 17.5. The number of nitrogens with one attached hydrogen (secondary N) is 1. The molecule has 194 valence electrons. The molecular weight excluding hydrogens is 496 g/mol. The summed E-state index contributed by atoms with van der Waals surface area (Å²) >= 11 is 0. The molecule has 0 unspecified atom stereocenters. The number of methoxy groups -OCH3 is 1. The molecule has 0 spiro atoms. The van der Waals surface area contributed by atoms with Crippen LogP contribution in [-0.2, 0) is 14.8 Å². The Morgan fingerprint density at radius 1 is 1.11 bits per heavy atom. The topological polar surface area (TPSA) is 131 Å². The summed E-state index contributed by atoms with van der Waals surface area (Å²) in [5, 5.41) is 15.3. The Balaban J connectivity index is 1.87. The van der Waals surface area contributed by atoms with E-state index >= 15 is 0 Å². The summed E-state index contributed by atoms with van der Waals surface area (Å²) < 4.78 is 33.1. The maximum atomic E-state index is 13.5. The molecule has 3 aromatic carbocycles. The van der Waals surface area contributed by atoms with E-state index in [1.807, 2.05) is 24.3 Å². The van der Waals surface area contributed by atoms with Crippen LogP contribution in [0, 0.1) is 17.0 Å². The summed E-state index contributed by atoms with van der Waals surface area (Å²) in [6.45, 7) is 5.07. The van der Waals surface area contributed by atoms with Gasteiger partial charge in [0.15, 0.2) is 0 Å². The van der Waals surface area contributed by atoms with Crippen molar-refractivity contribution in [2.45, 2.75) is 31.6 Å². The lowest BCUT2D eigenvalue weighted by Gasteiger charge is -2.24. The summed E-state index contributed by atoms with van der Waals surface area (Å²) in [6, 6.07) is 17.3. The quantitative estimate of drug-likeness (QED) is 0.238. The van der Waals surface area contributed by atoms with Crippen LogP contribution in [0.4, 0.5) is 11.4 Å². The van der Waals surface area contributed by atoms with E-state index in [9.17, 15) is 23.3 Å². The molecular formula is C26H28N4O6S. The minimum Gasteiger partial charge on any atom is -0.497 e. The van der Waals surface area contributed by atoms with Gasteiger partial charge < -0.3 is 4.74 Å². The number of nitro benzene ring substituents is 1. The smallest absolute Gasteiger partial charge is 0.273 e. The number of nitro groups is 1. The van der Waals surface area contributed by atoms with Crippen LogP contribution in [-0.4, -0.2) is 39.1 Å². The number of aryl methyl sites for hydroxylation is 1. The Morgan fingerprint density at radius 3 is 2.32 bits per heavy atom. The van der Waals surface area contributed by atoms with Gasteiger partial charge in [0, 0.05) is 11.6 Å². The minimum absolute atomic E-state index is 0.174. The Morgan fingerprint density at radius 2 is 1.76 bits per heavy atom. The van der Waals surface area contributed by atoms with Crippen molar-refractivity contribution in [1.29, 1.82) is 0 Å². The molecule has 0 saturated carbocycles. The molecule has 11 heteroatoms. The number of nitrogens with zero attached hydrogens (tertiary/aromatic N) is 3. The first-order valence-electron chi connectivity index (χ1n) is 11.4. The minimum atomic E-state index is -4.36. The second-order valence-electron chi connectivity index (χ2n) is 8.53. The fourth-order valence-corrected chi connectivity index (χ4v) is 4.89. The number of amides is 1. The predicted molar refractivity (Wildman–Crippen MR) is 142 cm³/mol. The monoisotopic (exact) mass is 524 g/mol. The molecule has 0 aliphatic rings. The number of ether oxygens (including phenoxy) is 1. The van der Waals surface area contributed by atoms with Crippen LogP contribution in [0.3, 0.4) is 0 Å². The van der Waals surface area contributed by atoms with Crippen molar-refractivity contribution in [2.24, 2.45) is 5.10 Å². The van der Waals surface area contributed by atoms with Crippen molar-refractivity contribution in [2.75, 3.05) is 18.0 Å². The Kier molecular flexibility index (Phi) is 8.61. The van der Waals surface area contributed by atoms with Crippen LogP contribution in [0.25, 0.3) is 0 Å². The van der Waals surface area contributed by atoms with Gasteiger partial charge in [-0.3, -0.25) is 19.2 Å². The van der Waals surface area contributed by atoms with Gasteiger partial charge >= 0.3 is 0 Å². The summed E-state index contributed by atoms with van der Waals surface area (Å²) in [5.41, 5.74) is 4.42. The van der Waals surface area contributed by atoms with Crippen molar-refractivity contribution in [3.8, 4) is 5.75 Å². The number of carbonyl (C=O) groups excluding carboxylic acids is 1. The van der Waals surface area contributed by atoms with E-state index in [4.69, 9.17) is 4.74 Å². The lowest BCUT2D eigenvalue weighted by atomic mass is 10.0. The van der Waals surface area contributed by atoms with E-state index in [2.05, 4.69) is 24.4 Å². The largest absolute Gasteiger partial charge is 0.497 e. The van der Waals surface area contributed by atoms with Crippen LogP contribution in [0.15, 0.2) is 76.7 Å². The van der Waals surface area contributed by atoms with Gasteiger partial charge in [0.25, 0.3) is 21.6 Å². The summed E-state index contributed by atoms with van der Waals surface area (Å²) in [4.78, 5) is 23.1. The molecule has 0 aliphatic carbocycles. The van der Waals surface area contributed by atoms with E-state index in [-0.39, 0.29) is 16.3 Å². The van der Waals surface area contributed by atoms with Crippen molar-refractivity contribution in [3.05, 3.63) is 93.5 Å². The van der Waals surface area contributed by atoms with Crippen molar-refractivity contribution >= 4 is 33.5 Å². The van der Waals surface area contributed by atoms with Gasteiger partial charge in [-0.1, -0.05) is 44.2 Å². The van der Waals surface area contributed by atoms with E-state index in [1.165, 1.54) is 44.5 Å². The fraction of sp³-hybridized carbons (Fsp3) is 0.231. The van der Waals surface area contributed by atoms with Crippen LogP contribution in [0.5, 0.6) is 5.75 Å². The predicted octanol–water partition coefficient (Wildman–Crippen LogP) is 4.38. The number of benzene rings is 3. The Hall–Kier alpha value is -4.25. The van der Waals surface area contributed by atoms with Crippen molar-refractivity contribution in [3.63, 3.8) is 0 Å². The SMILES string of the molecule is COc1ccc(N(CC(=O)N/N=C\c2ccc(C(C)C)cc2)S(=O)(=O)c2ccc(C)c([N+](=O)[O-])c2)cc1. The number of hydrogen-bond acceptors (Lipinski definition) is 7. The molecule has 1 amide bonds. The average molecular weight is 525 g/mol. The second kappa shape index (κ2) is 11.7. The first kappa shape index (κ1) is 27.3. The molecule has 0 heterocycles. The third-order valence-corrected chi connectivity index (χ3v) is 7.39. The van der Waals surface area contributed by atoms with Gasteiger partial charge in [-0.25, -0.2) is 13.8 Å². The third-order valence-electron chi connectivity index (χ3n) is 5.62. The molecule has 0 saturated heterocycles. The maximum absolute atomic E-state index is 13.5. The number of hydrogen-bond donors (Lipinski definition) is 1. The van der Waals surface area contributed by atoms with Crippen LogP contribution in [0.2, 0.25) is 0 Å². The lowest BCUT2D eigenvalue weighted by molar-refractivity contribution is -0.385. The van der Waals surface area contributed by atoms with Gasteiger partial charge in [0.2, 0.25) is 0 Å². The molecule has 0 bridgehead atoms. The highest BCUT2D eigenvalue weighted by Crippen LogP contribution is 2.29. The standard InChI is InChI=1S/C26H28N4O6S/c1-18(2)21-8-6-20(7-9-21)16-27-28-26(31)17-29(22-10-12-23(36-4)13-11-22)37(34,35)24-14-5-19(3)25(15-24)30(32)33/h5-16,18H,17H2,1-4H3,(H,28,31)/b27-16-. The molecule has 0 aliphatic heterocycles. The Labute approximate surface area is 215 Å². The van der Waals surface area contributed by atoms with Crippen LogP contribution < -0.4 is 14.5 Å². The molecule has 0 fully saturated rings. The lowest BCUT2D eigenvalue weighted by Crippen LogP contribution is -2.39.